The Hall–Kier alpha value is -0.560. The van der Waals surface area contributed by atoms with E-state index >= 15 is 0 Å². The third kappa shape index (κ3) is 3.66. The highest BCUT2D eigenvalue weighted by atomic mass is 16.3. The Bertz CT molecular complexity index is 686. The van der Waals surface area contributed by atoms with E-state index in [0.717, 1.165) is 42.4 Å². The van der Waals surface area contributed by atoms with Crippen LogP contribution in [0.1, 0.15) is 106 Å². The molecule has 0 spiro atoms. The van der Waals surface area contributed by atoms with Gasteiger partial charge in [-0.3, -0.25) is 0 Å². The monoisotopic (exact) mass is 412 g/mol. The molecule has 1 N–H and O–H groups in total. The molecule has 0 radical (unpaired) electrons. The molecule has 1 unspecified atom stereocenters. The van der Waals surface area contributed by atoms with Gasteiger partial charge in [0.05, 0.1) is 6.10 Å². The lowest BCUT2D eigenvalue weighted by atomic mass is 9.47. The second kappa shape index (κ2) is 8.42. The average Bonchev–Trinajstić information content (AvgIpc) is 3.06. The molecule has 170 valence electrons. The van der Waals surface area contributed by atoms with Crippen molar-refractivity contribution in [3.8, 4) is 0 Å². The van der Waals surface area contributed by atoms with Crippen LogP contribution in [-0.4, -0.2) is 11.2 Å². The van der Waals surface area contributed by atoms with Gasteiger partial charge in [0.1, 0.15) is 0 Å². The third-order valence-corrected chi connectivity index (χ3v) is 10.8. The molecule has 0 aromatic heterocycles. The molecule has 1 nitrogen and oxygen atoms in total. The first kappa shape index (κ1) is 22.6. The van der Waals surface area contributed by atoms with Crippen LogP contribution < -0.4 is 0 Å². The summed E-state index contributed by atoms with van der Waals surface area (Å²) < 4.78 is 0. The zero-order chi connectivity index (χ0) is 21.7. The molecule has 0 heterocycles. The topological polar surface area (TPSA) is 20.2 Å². The molecule has 3 saturated carbocycles. The fraction of sp³-hybridized carbons (Fsp3) is 0.862. The zero-order valence-electron chi connectivity index (χ0n) is 20.7. The minimum atomic E-state index is -0.0839. The van der Waals surface area contributed by atoms with Crippen LogP contribution in [0.25, 0.3) is 0 Å². The summed E-state index contributed by atoms with van der Waals surface area (Å²) in [4.78, 5) is 0. The van der Waals surface area contributed by atoms with Gasteiger partial charge in [-0.05, 0) is 117 Å². The second-order valence-electron chi connectivity index (χ2n) is 12.4. The number of hydrogen-bond donors (Lipinski definition) is 1. The summed E-state index contributed by atoms with van der Waals surface area (Å²) in [5, 5.41) is 10.2. The van der Waals surface area contributed by atoms with Crippen LogP contribution >= 0.6 is 0 Å². The average molecular weight is 413 g/mol. The molecule has 30 heavy (non-hydrogen) atoms. The highest BCUT2D eigenvalue weighted by Gasteiger charge is 2.59. The lowest BCUT2D eigenvalue weighted by molar-refractivity contribution is -0.0571. The van der Waals surface area contributed by atoms with E-state index in [0.29, 0.717) is 16.7 Å². The van der Waals surface area contributed by atoms with Gasteiger partial charge >= 0.3 is 0 Å². The smallest absolute Gasteiger partial charge is 0.0577 e. The first-order valence-corrected chi connectivity index (χ1v) is 13.2. The Labute approximate surface area is 186 Å². The Morgan fingerprint density at radius 2 is 1.87 bits per heavy atom. The molecule has 1 heteroatoms. The van der Waals surface area contributed by atoms with Crippen molar-refractivity contribution in [2.45, 2.75) is 112 Å². The molecule has 8 atom stereocenters. The van der Waals surface area contributed by atoms with Gasteiger partial charge in [0.2, 0.25) is 0 Å². The molecule has 4 rings (SSSR count). The molecular formula is C29H48O. The molecule has 0 aromatic carbocycles. The van der Waals surface area contributed by atoms with Crippen molar-refractivity contribution in [3.05, 3.63) is 23.3 Å². The van der Waals surface area contributed by atoms with Crippen LogP contribution in [-0.2, 0) is 0 Å². The van der Waals surface area contributed by atoms with Gasteiger partial charge in [-0.2, -0.15) is 0 Å². The van der Waals surface area contributed by atoms with Crippen LogP contribution in [0, 0.1) is 46.3 Å². The van der Waals surface area contributed by atoms with E-state index in [1.54, 1.807) is 11.1 Å². The number of aliphatic hydroxyl groups is 1. The summed E-state index contributed by atoms with van der Waals surface area (Å²) >= 11 is 0. The van der Waals surface area contributed by atoms with Gasteiger partial charge < -0.3 is 5.11 Å². The van der Waals surface area contributed by atoms with E-state index in [4.69, 9.17) is 0 Å². The quantitative estimate of drug-likeness (QED) is 0.454. The first-order chi connectivity index (χ1) is 14.2. The van der Waals surface area contributed by atoms with Gasteiger partial charge in [0.25, 0.3) is 0 Å². The number of rotatable bonds is 5. The molecule has 3 fully saturated rings. The van der Waals surface area contributed by atoms with Gasteiger partial charge in [0, 0.05) is 0 Å². The van der Waals surface area contributed by atoms with Gasteiger partial charge in [-0.25, -0.2) is 0 Å². The van der Waals surface area contributed by atoms with Crippen molar-refractivity contribution in [1.82, 2.24) is 0 Å². The molecular weight excluding hydrogens is 364 g/mol. The van der Waals surface area contributed by atoms with Crippen LogP contribution in [0.3, 0.4) is 0 Å². The Balaban J connectivity index is 1.49. The Kier molecular flexibility index (Phi) is 6.35. The molecule has 0 bridgehead atoms. The fourth-order valence-electron chi connectivity index (χ4n) is 8.98. The molecule has 0 saturated heterocycles. The minimum Gasteiger partial charge on any atom is -0.393 e. The van der Waals surface area contributed by atoms with E-state index in [9.17, 15) is 5.11 Å². The number of aliphatic hydroxyl groups excluding tert-OH is 1. The van der Waals surface area contributed by atoms with Crippen LogP contribution in [0.5, 0.6) is 0 Å². The maximum absolute atomic E-state index is 10.2. The predicted octanol–water partition coefficient (Wildman–Crippen LogP) is 7.94. The highest BCUT2D eigenvalue weighted by Crippen LogP contribution is 2.67. The summed E-state index contributed by atoms with van der Waals surface area (Å²) in [6, 6.07) is 0. The zero-order valence-corrected chi connectivity index (χ0v) is 20.7. The van der Waals surface area contributed by atoms with E-state index in [-0.39, 0.29) is 6.10 Å². The van der Waals surface area contributed by atoms with E-state index in [1.807, 2.05) is 0 Å². The maximum Gasteiger partial charge on any atom is 0.0577 e. The van der Waals surface area contributed by atoms with Crippen LogP contribution in [0.15, 0.2) is 23.3 Å². The number of hydrogen-bond acceptors (Lipinski definition) is 1. The molecule has 0 aliphatic heterocycles. The van der Waals surface area contributed by atoms with Gasteiger partial charge in [0.15, 0.2) is 0 Å². The Morgan fingerprint density at radius 1 is 1.10 bits per heavy atom. The number of allylic oxidation sites excluding steroid dienone is 3. The SMILES string of the molecule is C/C=C(/CCC(C)[C@H]1CC[C@H]2[C@@H]3CC=C4C[C@@H](O)CC[C@]4(C)[C@H]3CC[C@]12C)C(C)C. The summed E-state index contributed by atoms with van der Waals surface area (Å²) in [5.41, 5.74) is 4.21. The highest BCUT2D eigenvalue weighted by molar-refractivity contribution is 5.25. The maximum atomic E-state index is 10.2. The summed E-state index contributed by atoms with van der Waals surface area (Å²) in [6.45, 7) is 14.7. The van der Waals surface area contributed by atoms with Crippen molar-refractivity contribution in [3.63, 3.8) is 0 Å². The molecule has 0 aromatic rings. The van der Waals surface area contributed by atoms with E-state index in [2.05, 4.69) is 53.7 Å². The van der Waals surface area contributed by atoms with Crippen LogP contribution in [0.2, 0.25) is 0 Å². The van der Waals surface area contributed by atoms with Crippen molar-refractivity contribution in [2.75, 3.05) is 0 Å². The number of fused-ring (bicyclic) bond motifs is 5. The van der Waals surface area contributed by atoms with Crippen molar-refractivity contribution in [1.29, 1.82) is 0 Å². The third-order valence-electron chi connectivity index (χ3n) is 10.8. The normalized spacial score (nSPS) is 44.9. The van der Waals surface area contributed by atoms with Crippen molar-refractivity contribution >= 4 is 0 Å². The van der Waals surface area contributed by atoms with E-state index in [1.165, 1.54) is 51.4 Å². The van der Waals surface area contributed by atoms with Crippen LogP contribution in [0.4, 0.5) is 0 Å². The largest absolute Gasteiger partial charge is 0.393 e. The van der Waals surface area contributed by atoms with Crippen molar-refractivity contribution < 1.29 is 5.11 Å². The second-order valence-corrected chi connectivity index (χ2v) is 12.4. The first-order valence-electron chi connectivity index (χ1n) is 13.2. The van der Waals surface area contributed by atoms with E-state index < -0.39 is 0 Å². The molecule has 4 aliphatic carbocycles. The standard InChI is InChI=1S/C29H48O/c1-7-21(19(2)3)9-8-20(4)25-12-13-26-24-11-10-22-18-23(30)14-16-28(22,5)27(24)15-17-29(25,26)6/h7,10,19-20,23-27,30H,8-9,11-18H2,1-6H3/b21-7-/t20?,23-,24-,25+,26-,27-,28-,29+/m0/s1. The Morgan fingerprint density at radius 3 is 2.57 bits per heavy atom. The lowest BCUT2D eigenvalue weighted by Gasteiger charge is -2.58. The van der Waals surface area contributed by atoms with Crippen molar-refractivity contribution in [2.24, 2.45) is 46.3 Å². The summed E-state index contributed by atoms with van der Waals surface area (Å²) in [6.07, 6.45) is 17.8. The predicted molar refractivity (Wildman–Crippen MR) is 128 cm³/mol. The summed E-state index contributed by atoms with van der Waals surface area (Å²) in [5.74, 6) is 5.15. The minimum absolute atomic E-state index is 0.0839. The summed E-state index contributed by atoms with van der Waals surface area (Å²) in [7, 11) is 0. The fourth-order valence-corrected chi connectivity index (χ4v) is 8.98. The lowest BCUT2D eigenvalue weighted by Crippen LogP contribution is -2.50. The molecule has 0 amide bonds. The van der Waals surface area contributed by atoms with Gasteiger partial charge in [-0.15, -0.1) is 0 Å². The van der Waals surface area contributed by atoms with Gasteiger partial charge in [-0.1, -0.05) is 57.9 Å². The molecule has 4 aliphatic rings.